The van der Waals surface area contributed by atoms with Crippen molar-refractivity contribution in [2.24, 2.45) is 0 Å². The lowest BCUT2D eigenvalue weighted by atomic mass is 9.95. The summed E-state index contributed by atoms with van der Waals surface area (Å²) >= 11 is 7.93. The highest BCUT2D eigenvalue weighted by Gasteiger charge is 2.17. The summed E-state index contributed by atoms with van der Waals surface area (Å²) in [6, 6.07) is 21.3. The Labute approximate surface area is 195 Å². The molecule has 32 heavy (non-hydrogen) atoms. The fourth-order valence-electron chi connectivity index (χ4n) is 3.49. The van der Waals surface area contributed by atoms with E-state index in [0.717, 1.165) is 10.5 Å². The number of pyridine rings is 1. The molecule has 0 radical (unpaired) electrons. The number of nitrogens with zero attached hydrogens (tertiary/aromatic N) is 1. The standard InChI is InChI=1S/C26H20ClFN2OS/c1-16-19(6-5-7-24(16)28)21-15-18(32-2)10-11-20(21)26(31)30-17-9-12-23(27)22(14-17)25-8-3-4-13-29-25/h3-15H,1-2H3,(H,30,31). The van der Waals surface area contributed by atoms with Gasteiger partial charge in [-0.3, -0.25) is 9.78 Å². The molecule has 0 aliphatic carbocycles. The Morgan fingerprint density at radius 1 is 0.969 bits per heavy atom. The van der Waals surface area contributed by atoms with E-state index in [-0.39, 0.29) is 11.7 Å². The highest BCUT2D eigenvalue weighted by atomic mass is 35.5. The molecule has 0 spiro atoms. The van der Waals surface area contributed by atoms with Crippen LogP contribution in [-0.2, 0) is 0 Å². The van der Waals surface area contributed by atoms with Crippen LogP contribution in [0.3, 0.4) is 0 Å². The minimum Gasteiger partial charge on any atom is -0.322 e. The zero-order valence-electron chi connectivity index (χ0n) is 17.5. The molecule has 0 fully saturated rings. The number of thioether (sulfide) groups is 1. The molecular formula is C26H20ClFN2OS. The van der Waals surface area contributed by atoms with E-state index in [0.29, 0.717) is 38.7 Å². The van der Waals surface area contributed by atoms with Crippen LogP contribution in [0.5, 0.6) is 0 Å². The molecule has 1 N–H and O–H groups in total. The maximum absolute atomic E-state index is 14.2. The summed E-state index contributed by atoms with van der Waals surface area (Å²) in [7, 11) is 0. The van der Waals surface area contributed by atoms with Gasteiger partial charge in [0, 0.05) is 27.9 Å². The number of hydrogen-bond acceptors (Lipinski definition) is 3. The van der Waals surface area contributed by atoms with Crippen molar-refractivity contribution in [3.05, 3.63) is 101 Å². The largest absolute Gasteiger partial charge is 0.322 e. The number of amides is 1. The first-order valence-electron chi connectivity index (χ1n) is 9.94. The molecule has 3 nitrogen and oxygen atoms in total. The lowest BCUT2D eigenvalue weighted by Gasteiger charge is -2.15. The summed E-state index contributed by atoms with van der Waals surface area (Å²) in [5, 5.41) is 3.50. The fraction of sp³-hybridized carbons (Fsp3) is 0.0769. The van der Waals surface area contributed by atoms with Crippen molar-refractivity contribution < 1.29 is 9.18 Å². The number of carbonyl (C=O) groups is 1. The Kier molecular flexibility index (Phi) is 6.58. The van der Waals surface area contributed by atoms with Crippen molar-refractivity contribution in [2.45, 2.75) is 11.8 Å². The van der Waals surface area contributed by atoms with Gasteiger partial charge < -0.3 is 5.32 Å². The van der Waals surface area contributed by atoms with Gasteiger partial charge in [0.1, 0.15) is 5.82 Å². The van der Waals surface area contributed by atoms with Gasteiger partial charge in [-0.2, -0.15) is 0 Å². The van der Waals surface area contributed by atoms with E-state index in [4.69, 9.17) is 11.6 Å². The van der Waals surface area contributed by atoms with Crippen molar-refractivity contribution in [3.8, 4) is 22.4 Å². The third-order valence-electron chi connectivity index (χ3n) is 5.19. The second-order valence-electron chi connectivity index (χ2n) is 7.19. The van der Waals surface area contributed by atoms with E-state index in [1.54, 1.807) is 55.2 Å². The minimum atomic E-state index is -0.305. The zero-order valence-corrected chi connectivity index (χ0v) is 19.1. The highest BCUT2D eigenvalue weighted by Crippen LogP contribution is 2.33. The van der Waals surface area contributed by atoms with Crippen LogP contribution in [0, 0.1) is 12.7 Å². The molecule has 1 amide bonds. The Hall–Kier alpha value is -3.15. The van der Waals surface area contributed by atoms with Crippen molar-refractivity contribution in [3.63, 3.8) is 0 Å². The second kappa shape index (κ2) is 9.55. The van der Waals surface area contributed by atoms with Crippen molar-refractivity contribution >= 4 is 35.0 Å². The third-order valence-corrected chi connectivity index (χ3v) is 6.25. The van der Waals surface area contributed by atoms with Crippen molar-refractivity contribution in [2.75, 3.05) is 11.6 Å². The van der Waals surface area contributed by atoms with Crippen LogP contribution >= 0.6 is 23.4 Å². The summed E-state index contributed by atoms with van der Waals surface area (Å²) in [6.07, 6.45) is 3.65. The van der Waals surface area contributed by atoms with Crippen LogP contribution < -0.4 is 5.32 Å². The summed E-state index contributed by atoms with van der Waals surface area (Å²) in [6.45, 7) is 1.72. The first-order valence-corrected chi connectivity index (χ1v) is 11.5. The van der Waals surface area contributed by atoms with E-state index in [1.165, 1.54) is 6.07 Å². The molecule has 4 rings (SSSR count). The summed E-state index contributed by atoms with van der Waals surface area (Å²) in [5.41, 5.74) is 4.38. The topological polar surface area (TPSA) is 42.0 Å². The van der Waals surface area contributed by atoms with Crippen molar-refractivity contribution in [1.29, 1.82) is 0 Å². The molecule has 0 saturated carbocycles. The number of anilines is 1. The van der Waals surface area contributed by atoms with Gasteiger partial charge in [-0.25, -0.2) is 4.39 Å². The van der Waals surface area contributed by atoms with Gasteiger partial charge in [0.25, 0.3) is 5.91 Å². The van der Waals surface area contributed by atoms with Crippen LogP contribution in [-0.4, -0.2) is 17.1 Å². The second-order valence-corrected chi connectivity index (χ2v) is 8.47. The molecule has 0 aliphatic rings. The van der Waals surface area contributed by atoms with Gasteiger partial charge in [0.05, 0.1) is 10.7 Å². The molecule has 160 valence electrons. The van der Waals surface area contributed by atoms with Crippen LogP contribution in [0.2, 0.25) is 5.02 Å². The van der Waals surface area contributed by atoms with Crippen LogP contribution in [0.4, 0.5) is 10.1 Å². The maximum atomic E-state index is 14.2. The fourth-order valence-corrected chi connectivity index (χ4v) is 4.14. The Morgan fingerprint density at radius 2 is 1.81 bits per heavy atom. The quantitative estimate of drug-likeness (QED) is 0.312. The molecular weight excluding hydrogens is 443 g/mol. The van der Waals surface area contributed by atoms with E-state index < -0.39 is 0 Å². The van der Waals surface area contributed by atoms with Crippen LogP contribution in [0.1, 0.15) is 15.9 Å². The van der Waals surface area contributed by atoms with E-state index >= 15 is 0 Å². The number of hydrogen-bond donors (Lipinski definition) is 1. The molecule has 1 aromatic heterocycles. The monoisotopic (exact) mass is 462 g/mol. The normalized spacial score (nSPS) is 10.8. The first-order chi connectivity index (χ1) is 15.5. The molecule has 1 heterocycles. The predicted octanol–water partition coefficient (Wildman–Crippen LogP) is 7.49. The van der Waals surface area contributed by atoms with Crippen LogP contribution in [0.25, 0.3) is 22.4 Å². The molecule has 0 atom stereocenters. The Bertz CT molecular complexity index is 1290. The number of rotatable bonds is 5. The third kappa shape index (κ3) is 4.54. The summed E-state index contributed by atoms with van der Waals surface area (Å²) in [5.74, 6) is -0.591. The Balaban J connectivity index is 1.73. The van der Waals surface area contributed by atoms with Gasteiger partial charge in [-0.15, -0.1) is 11.8 Å². The van der Waals surface area contributed by atoms with E-state index in [2.05, 4.69) is 10.3 Å². The van der Waals surface area contributed by atoms with Gasteiger partial charge in [0.2, 0.25) is 0 Å². The number of benzene rings is 3. The van der Waals surface area contributed by atoms with Gasteiger partial charge in [0.15, 0.2) is 0 Å². The number of aromatic nitrogens is 1. The highest BCUT2D eigenvalue weighted by molar-refractivity contribution is 7.98. The predicted molar refractivity (Wildman–Crippen MR) is 131 cm³/mol. The van der Waals surface area contributed by atoms with Crippen molar-refractivity contribution in [1.82, 2.24) is 4.98 Å². The summed E-state index contributed by atoms with van der Waals surface area (Å²) < 4.78 is 14.2. The smallest absolute Gasteiger partial charge is 0.256 e. The van der Waals surface area contributed by atoms with Gasteiger partial charge in [-0.05, 0) is 84.5 Å². The minimum absolute atomic E-state index is 0.286. The molecule has 0 unspecified atom stereocenters. The molecule has 0 aliphatic heterocycles. The average molecular weight is 463 g/mol. The SMILES string of the molecule is CSc1ccc(C(=O)Nc2ccc(Cl)c(-c3ccccn3)c2)c(-c2cccc(F)c2C)c1. The summed E-state index contributed by atoms with van der Waals surface area (Å²) in [4.78, 5) is 18.6. The van der Waals surface area contributed by atoms with Crippen LogP contribution in [0.15, 0.2) is 83.9 Å². The van der Waals surface area contributed by atoms with Gasteiger partial charge in [-0.1, -0.05) is 29.8 Å². The van der Waals surface area contributed by atoms with Gasteiger partial charge >= 0.3 is 0 Å². The first kappa shape index (κ1) is 22.1. The average Bonchev–Trinajstić information content (AvgIpc) is 2.82. The number of halogens is 2. The Morgan fingerprint density at radius 3 is 2.56 bits per heavy atom. The van der Waals surface area contributed by atoms with E-state index in [9.17, 15) is 9.18 Å². The number of nitrogens with one attached hydrogen (secondary N) is 1. The lowest BCUT2D eigenvalue weighted by molar-refractivity contribution is 0.102. The lowest BCUT2D eigenvalue weighted by Crippen LogP contribution is -2.13. The maximum Gasteiger partial charge on any atom is 0.256 e. The molecule has 4 aromatic rings. The molecule has 0 saturated heterocycles. The number of carbonyl (C=O) groups excluding carboxylic acids is 1. The van der Waals surface area contributed by atoms with E-state index in [1.807, 2.05) is 42.7 Å². The molecule has 3 aromatic carbocycles. The molecule has 0 bridgehead atoms. The molecule has 6 heteroatoms. The zero-order chi connectivity index (χ0) is 22.7.